The maximum absolute atomic E-state index is 6.08. The van der Waals surface area contributed by atoms with Crippen molar-refractivity contribution in [2.45, 2.75) is 64.6 Å². The minimum atomic E-state index is 0. The monoisotopic (exact) mass is 476 g/mol. The molecular weight excluding hydrogens is 447 g/mol. The van der Waals surface area contributed by atoms with Gasteiger partial charge in [0.15, 0.2) is 5.96 Å². The average Bonchev–Trinajstić information content (AvgIpc) is 3.29. The molecule has 0 amide bonds. The second kappa shape index (κ2) is 8.08. The van der Waals surface area contributed by atoms with Crippen LogP contribution in [0.15, 0.2) is 10.4 Å². The van der Waals surface area contributed by atoms with Crippen LogP contribution in [0.1, 0.15) is 49.7 Å². The molecule has 0 radical (unpaired) electrons. The van der Waals surface area contributed by atoms with E-state index in [-0.39, 0.29) is 24.0 Å². The summed E-state index contributed by atoms with van der Waals surface area (Å²) in [6.07, 6.45) is 6.97. The summed E-state index contributed by atoms with van der Waals surface area (Å²) >= 11 is 1.69. The molecule has 2 saturated carbocycles. The Labute approximate surface area is 171 Å². The van der Waals surface area contributed by atoms with Gasteiger partial charge >= 0.3 is 0 Å². The van der Waals surface area contributed by atoms with E-state index < -0.39 is 0 Å². The fourth-order valence-electron chi connectivity index (χ4n) is 4.99. The first-order valence-electron chi connectivity index (χ1n) is 9.30. The van der Waals surface area contributed by atoms with Gasteiger partial charge in [-0.05, 0) is 33.1 Å². The van der Waals surface area contributed by atoms with Crippen LogP contribution in [0.4, 0.5) is 0 Å². The summed E-state index contributed by atoms with van der Waals surface area (Å²) in [4.78, 5) is 9.31. The van der Waals surface area contributed by atoms with Gasteiger partial charge in [0.2, 0.25) is 0 Å². The predicted octanol–water partition coefficient (Wildman–Crippen LogP) is 3.47. The third-order valence-corrected chi connectivity index (χ3v) is 6.91. The van der Waals surface area contributed by atoms with Crippen LogP contribution < -0.4 is 10.6 Å². The van der Waals surface area contributed by atoms with E-state index in [0.717, 1.165) is 29.8 Å². The minimum Gasteiger partial charge on any atom is -0.377 e. The molecule has 140 valence electrons. The Kier molecular flexibility index (Phi) is 6.26. The maximum Gasteiger partial charge on any atom is 0.191 e. The van der Waals surface area contributed by atoms with E-state index >= 15 is 0 Å². The number of halogens is 1. The number of aliphatic imine (C=N–C) groups is 1. The molecule has 0 aromatic carbocycles. The van der Waals surface area contributed by atoms with Crippen molar-refractivity contribution < 1.29 is 4.74 Å². The third kappa shape index (κ3) is 3.56. The number of fused-ring (bicyclic) bond motifs is 2. The summed E-state index contributed by atoms with van der Waals surface area (Å²) in [5, 5.41) is 10.4. The lowest BCUT2D eigenvalue weighted by molar-refractivity contribution is -0.125. The Balaban J connectivity index is 0.00000182. The summed E-state index contributed by atoms with van der Waals surface area (Å²) in [7, 11) is 0. The van der Waals surface area contributed by atoms with Gasteiger partial charge in [-0.2, -0.15) is 0 Å². The molecule has 2 N–H and O–H groups in total. The highest BCUT2D eigenvalue weighted by Crippen LogP contribution is 2.60. The zero-order valence-electron chi connectivity index (χ0n) is 15.1. The summed E-state index contributed by atoms with van der Waals surface area (Å²) in [5.74, 6) is 1.60. The van der Waals surface area contributed by atoms with Crippen LogP contribution in [0, 0.1) is 18.3 Å². The smallest absolute Gasteiger partial charge is 0.191 e. The summed E-state index contributed by atoms with van der Waals surface area (Å²) in [6.45, 7) is 6.62. The van der Waals surface area contributed by atoms with Gasteiger partial charge in [0, 0.05) is 41.6 Å². The molecule has 2 aliphatic carbocycles. The molecule has 5 nitrogen and oxygen atoms in total. The quantitative estimate of drug-likeness (QED) is 0.397. The number of hydrogen-bond donors (Lipinski definition) is 2. The number of nitrogens with one attached hydrogen (secondary N) is 2. The maximum atomic E-state index is 6.08. The summed E-state index contributed by atoms with van der Waals surface area (Å²) < 4.78 is 6.08. The van der Waals surface area contributed by atoms with Crippen LogP contribution in [0.25, 0.3) is 0 Å². The lowest BCUT2D eigenvalue weighted by atomic mass is 9.54. The molecule has 3 aliphatic rings. The molecule has 1 aliphatic heterocycles. The number of thiazole rings is 1. The van der Waals surface area contributed by atoms with E-state index in [2.05, 4.69) is 27.9 Å². The Hall–Kier alpha value is -0.410. The van der Waals surface area contributed by atoms with Crippen molar-refractivity contribution in [3.8, 4) is 0 Å². The van der Waals surface area contributed by atoms with Crippen LogP contribution in [0.5, 0.6) is 0 Å². The zero-order chi connectivity index (χ0) is 16.6. The van der Waals surface area contributed by atoms with E-state index in [1.54, 1.807) is 11.3 Å². The fraction of sp³-hybridized carbons (Fsp3) is 0.778. The molecule has 0 bridgehead atoms. The summed E-state index contributed by atoms with van der Waals surface area (Å²) in [5.41, 5.74) is 1.44. The molecule has 1 spiro atoms. The number of rotatable bonds is 4. The standard InChI is InChI=1S/C18H28N4OS.HI/c1-3-19-17(20-10-14-21-12(2)11-24-14)22-15-13-6-9-23-16(13)18(15)7-4-5-8-18;/h11,13,15-16H,3-10H2,1-2H3,(H2,19,20,22);1H. The second-order valence-electron chi connectivity index (χ2n) is 7.38. The number of guanidine groups is 1. The van der Waals surface area contributed by atoms with Crippen molar-refractivity contribution in [1.82, 2.24) is 15.6 Å². The number of aromatic nitrogens is 1. The van der Waals surface area contributed by atoms with E-state index in [1.807, 2.05) is 6.92 Å². The Bertz CT molecular complexity index is 614. The molecule has 2 heterocycles. The topological polar surface area (TPSA) is 58.5 Å². The normalized spacial score (nSPS) is 29.8. The Morgan fingerprint density at radius 2 is 2.24 bits per heavy atom. The molecule has 3 unspecified atom stereocenters. The second-order valence-corrected chi connectivity index (χ2v) is 8.33. The highest BCUT2D eigenvalue weighted by Gasteiger charge is 2.65. The first-order chi connectivity index (χ1) is 11.7. The van der Waals surface area contributed by atoms with Gasteiger partial charge in [-0.25, -0.2) is 9.98 Å². The van der Waals surface area contributed by atoms with E-state index in [1.165, 1.54) is 32.1 Å². The molecule has 7 heteroatoms. The van der Waals surface area contributed by atoms with Crippen molar-refractivity contribution in [2.75, 3.05) is 13.2 Å². The lowest BCUT2D eigenvalue weighted by Gasteiger charge is -2.57. The van der Waals surface area contributed by atoms with E-state index in [9.17, 15) is 0 Å². The van der Waals surface area contributed by atoms with Crippen molar-refractivity contribution in [2.24, 2.45) is 16.3 Å². The van der Waals surface area contributed by atoms with Gasteiger partial charge in [-0.3, -0.25) is 0 Å². The minimum absolute atomic E-state index is 0. The molecule has 1 aromatic heterocycles. The van der Waals surface area contributed by atoms with Gasteiger partial charge < -0.3 is 15.4 Å². The van der Waals surface area contributed by atoms with Crippen molar-refractivity contribution in [3.05, 3.63) is 16.1 Å². The number of aryl methyl sites for hydroxylation is 1. The number of nitrogens with zero attached hydrogens (tertiary/aromatic N) is 2. The molecule has 25 heavy (non-hydrogen) atoms. The largest absolute Gasteiger partial charge is 0.377 e. The zero-order valence-corrected chi connectivity index (χ0v) is 18.2. The average molecular weight is 476 g/mol. The van der Waals surface area contributed by atoms with Crippen LogP contribution in [0.2, 0.25) is 0 Å². The molecular formula is C18H29IN4OS. The molecule has 1 aromatic rings. The Morgan fingerprint density at radius 3 is 2.92 bits per heavy atom. The van der Waals surface area contributed by atoms with Gasteiger partial charge in [-0.15, -0.1) is 35.3 Å². The molecule has 1 saturated heterocycles. The predicted molar refractivity (Wildman–Crippen MR) is 113 cm³/mol. The highest BCUT2D eigenvalue weighted by atomic mass is 127. The van der Waals surface area contributed by atoms with Gasteiger partial charge in [0.05, 0.1) is 12.6 Å². The first-order valence-corrected chi connectivity index (χ1v) is 10.2. The first kappa shape index (κ1) is 19.4. The summed E-state index contributed by atoms with van der Waals surface area (Å²) in [6, 6.07) is 0.517. The van der Waals surface area contributed by atoms with Gasteiger partial charge in [0.25, 0.3) is 0 Å². The highest BCUT2D eigenvalue weighted by molar-refractivity contribution is 14.0. The third-order valence-electron chi connectivity index (χ3n) is 5.96. The molecule has 4 rings (SSSR count). The Morgan fingerprint density at radius 1 is 1.44 bits per heavy atom. The van der Waals surface area contributed by atoms with Crippen LogP contribution in [-0.2, 0) is 11.3 Å². The van der Waals surface area contributed by atoms with Gasteiger partial charge in [-0.1, -0.05) is 12.8 Å². The SMILES string of the molecule is CCNC(=NCc1nc(C)cs1)NC1C2CCOC2C12CCCC2.I. The molecule has 3 atom stereocenters. The van der Waals surface area contributed by atoms with Crippen molar-refractivity contribution in [3.63, 3.8) is 0 Å². The fourth-order valence-corrected chi connectivity index (χ4v) is 5.69. The van der Waals surface area contributed by atoms with Crippen molar-refractivity contribution >= 4 is 41.3 Å². The van der Waals surface area contributed by atoms with Crippen LogP contribution >= 0.6 is 35.3 Å². The van der Waals surface area contributed by atoms with Crippen LogP contribution in [-0.4, -0.2) is 36.2 Å². The lowest BCUT2D eigenvalue weighted by Crippen LogP contribution is -2.69. The van der Waals surface area contributed by atoms with E-state index in [0.29, 0.717) is 30.0 Å². The van der Waals surface area contributed by atoms with Crippen molar-refractivity contribution in [1.29, 1.82) is 0 Å². The van der Waals surface area contributed by atoms with Crippen LogP contribution in [0.3, 0.4) is 0 Å². The van der Waals surface area contributed by atoms with Gasteiger partial charge in [0.1, 0.15) is 5.01 Å². The number of hydrogen-bond acceptors (Lipinski definition) is 4. The van der Waals surface area contributed by atoms with E-state index in [4.69, 9.17) is 9.73 Å². The molecule has 3 fully saturated rings. The number of ether oxygens (including phenoxy) is 1.